The maximum absolute atomic E-state index is 12.6. The van der Waals surface area contributed by atoms with E-state index >= 15 is 0 Å². The van der Waals surface area contributed by atoms with Gasteiger partial charge in [-0.3, -0.25) is 4.79 Å². The molecule has 0 saturated carbocycles. The molecule has 67 heavy (non-hydrogen) atoms. The summed E-state index contributed by atoms with van der Waals surface area (Å²) in [5, 5.41) is 44.0. The Bertz CT molecular complexity index is 1020. The zero-order chi connectivity index (χ0) is 48.8. The Morgan fingerprint density at radius 2 is 0.612 bits per heavy atom. The highest BCUT2D eigenvalue weighted by Gasteiger charge is 2.28. The van der Waals surface area contributed by atoms with Gasteiger partial charge in [0, 0.05) is 0 Å². The van der Waals surface area contributed by atoms with Crippen molar-refractivity contribution in [3.8, 4) is 0 Å². The van der Waals surface area contributed by atoms with Gasteiger partial charge in [-0.25, -0.2) is 0 Å². The van der Waals surface area contributed by atoms with Gasteiger partial charge in [-0.2, -0.15) is 0 Å². The molecule has 0 aromatic rings. The van der Waals surface area contributed by atoms with Crippen molar-refractivity contribution < 1.29 is 25.2 Å². The Morgan fingerprint density at radius 1 is 0.358 bits per heavy atom. The normalized spacial score (nSPS) is 13.8. The lowest BCUT2D eigenvalue weighted by Gasteiger charge is -2.27. The number of carbonyl (C=O) groups excluding carboxylic acids is 1. The summed E-state index contributed by atoms with van der Waals surface area (Å²) in [5.41, 5.74) is 0. The fraction of sp³-hybridized carbons (Fsp3) is 0.918. The molecule has 0 heterocycles. The molecule has 0 bridgehead atoms. The van der Waals surface area contributed by atoms with Crippen LogP contribution >= 0.6 is 0 Å². The molecule has 0 fully saturated rings. The van der Waals surface area contributed by atoms with Gasteiger partial charge in [0.05, 0.1) is 18.8 Å². The van der Waals surface area contributed by atoms with Crippen molar-refractivity contribution in [2.75, 3.05) is 6.61 Å². The molecule has 5 N–H and O–H groups in total. The molecule has 0 saturated heterocycles. The third-order valence-electron chi connectivity index (χ3n) is 14.4. The lowest BCUT2D eigenvalue weighted by molar-refractivity contribution is -0.132. The van der Waals surface area contributed by atoms with Gasteiger partial charge in [0.15, 0.2) is 0 Å². The molecule has 0 aliphatic heterocycles. The maximum atomic E-state index is 12.6. The van der Waals surface area contributed by atoms with E-state index in [2.05, 4.69) is 43.5 Å². The van der Waals surface area contributed by atoms with Gasteiger partial charge in [-0.15, -0.1) is 0 Å². The first-order valence-electron chi connectivity index (χ1n) is 30.2. The zero-order valence-corrected chi connectivity index (χ0v) is 45.2. The Labute approximate surface area is 418 Å². The summed E-state index contributed by atoms with van der Waals surface area (Å²) in [6.45, 7) is 4.08. The molecule has 4 unspecified atom stereocenters. The molecule has 0 aromatic heterocycles. The highest BCUT2D eigenvalue weighted by atomic mass is 16.3. The molecule has 6 heteroatoms. The summed E-state index contributed by atoms with van der Waals surface area (Å²) < 4.78 is 0. The molecule has 4 atom stereocenters. The highest BCUT2D eigenvalue weighted by molar-refractivity contribution is 5.80. The SMILES string of the molecule is CCCCCCCCCCCCC/C=C\CCCCCCCCC(O)C(=O)NC(CO)C(O)C(O)CCC/C=C/CCCCCCCCCCCCCCCCCCCCCCCCCCC. The number of hydrogen-bond donors (Lipinski definition) is 5. The monoisotopic (exact) mass is 946 g/mol. The van der Waals surface area contributed by atoms with Crippen LogP contribution < -0.4 is 5.32 Å². The van der Waals surface area contributed by atoms with Gasteiger partial charge in [0.2, 0.25) is 5.91 Å². The minimum atomic E-state index is -1.28. The number of aliphatic hydroxyl groups excluding tert-OH is 4. The van der Waals surface area contributed by atoms with Gasteiger partial charge in [0.1, 0.15) is 12.2 Å². The van der Waals surface area contributed by atoms with E-state index in [0.717, 1.165) is 44.9 Å². The van der Waals surface area contributed by atoms with Crippen LogP contribution in [-0.2, 0) is 4.79 Å². The third-order valence-corrected chi connectivity index (χ3v) is 14.4. The standard InChI is InChI=1S/C61H119NO5/c1-3-5-7-9-11-13-15-17-19-21-23-25-26-27-28-29-30-31-32-33-35-36-38-40-42-44-46-48-50-52-54-58(64)60(66)57(56-63)62-61(67)59(65)55-53-51-49-47-45-43-41-39-37-34-24-22-20-18-16-14-12-10-8-6-4-2/h37,39,46,48,57-60,63-66H,3-36,38,40-45,47,49-56H2,1-2H3,(H,62,67)/b39-37-,48-46+. The fourth-order valence-electron chi connectivity index (χ4n) is 9.64. The number of unbranched alkanes of at least 4 members (excludes halogenated alkanes) is 43. The van der Waals surface area contributed by atoms with Crippen LogP contribution in [0.5, 0.6) is 0 Å². The lowest BCUT2D eigenvalue weighted by atomic mass is 10.00. The van der Waals surface area contributed by atoms with Crippen molar-refractivity contribution in [3.63, 3.8) is 0 Å². The summed E-state index contributed by atoms with van der Waals surface area (Å²) in [6, 6.07) is -1.00. The van der Waals surface area contributed by atoms with E-state index in [0.29, 0.717) is 12.8 Å². The van der Waals surface area contributed by atoms with Crippen molar-refractivity contribution >= 4 is 5.91 Å². The fourth-order valence-corrected chi connectivity index (χ4v) is 9.64. The smallest absolute Gasteiger partial charge is 0.249 e. The van der Waals surface area contributed by atoms with Crippen molar-refractivity contribution in [2.24, 2.45) is 0 Å². The molecule has 0 aromatic carbocycles. The Hall–Kier alpha value is -1.21. The predicted molar refractivity (Wildman–Crippen MR) is 293 cm³/mol. The van der Waals surface area contributed by atoms with Gasteiger partial charge in [-0.05, 0) is 64.2 Å². The molecule has 6 nitrogen and oxygen atoms in total. The van der Waals surface area contributed by atoms with Crippen molar-refractivity contribution in [1.82, 2.24) is 5.32 Å². The molecule has 398 valence electrons. The summed E-state index contributed by atoms with van der Waals surface area (Å²) >= 11 is 0. The third kappa shape index (κ3) is 49.6. The minimum Gasteiger partial charge on any atom is -0.394 e. The predicted octanol–water partition coefficient (Wildman–Crippen LogP) is 17.8. The molecule has 0 aliphatic carbocycles. The molecule has 0 rings (SSSR count). The molecule has 1 amide bonds. The van der Waals surface area contributed by atoms with Crippen LogP contribution in [0.3, 0.4) is 0 Å². The number of nitrogens with one attached hydrogen (secondary N) is 1. The second-order valence-corrected chi connectivity index (χ2v) is 21.0. The molecular formula is C61H119NO5. The second-order valence-electron chi connectivity index (χ2n) is 21.0. The summed E-state index contributed by atoms with van der Waals surface area (Å²) in [5.74, 6) is -0.593. The van der Waals surface area contributed by atoms with E-state index in [1.54, 1.807) is 0 Å². The Morgan fingerprint density at radius 3 is 0.896 bits per heavy atom. The first kappa shape index (κ1) is 65.8. The summed E-state index contributed by atoms with van der Waals surface area (Å²) in [7, 11) is 0. The number of amides is 1. The average Bonchev–Trinajstić information content (AvgIpc) is 3.33. The minimum absolute atomic E-state index is 0.358. The van der Waals surface area contributed by atoms with E-state index < -0.39 is 36.9 Å². The molecule has 0 spiro atoms. The molecular weight excluding hydrogens is 827 g/mol. The van der Waals surface area contributed by atoms with E-state index in [1.165, 1.54) is 257 Å². The highest BCUT2D eigenvalue weighted by Crippen LogP contribution is 2.18. The molecule has 0 radical (unpaired) electrons. The average molecular weight is 947 g/mol. The Kier molecular flexibility index (Phi) is 54.7. The first-order valence-corrected chi connectivity index (χ1v) is 30.2. The van der Waals surface area contributed by atoms with E-state index in [1.807, 2.05) is 0 Å². The topological polar surface area (TPSA) is 110 Å². The molecule has 0 aliphatic rings. The van der Waals surface area contributed by atoms with Crippen LogP contribution in [0.15, 0.2) is 24.3 Å². The number of hydrogen-bond acceptors (Lipinski definition) is 5. The van der Waals surface area contributed by atoms with Crippen LogP contribution in [0.25, 0.3) is 0 Å². The Balaban J connectivity index is 3.61. The van der Waals surface area contributed by atoms with Gasteiger partial charge in [0.25, 0.3) is 0 Å². The van der Waals surface area contributed by atoms with Crippen molar-refractivity contribution in [2.45, 2.75) is 353 Å². The van der Waals surface area contributed by atoms with E-state index in [9.17, 15) is 25.2 Å². The van der Waals surface area contributed by atoms with Crippen LogP contribution in [0.1, 0.15) is 328 Å². The van der Waals surface area contributed by atoms with Crippen LogP contribution in [0, 0.1) is 0 Å². The second kappa shape index (κ2) is 55.7. The number of carbonyl (C=O) groups is 1. The van der Waals surface area contributed by atoms with Crippen LogP contribution in [-0.4, -0.2) is 57.3 Å². The van der Waals surface area contributed by atoms with E-state index in [-0.39, 0.29) is 0 Å². The zero-order valence-electron chi connectivity index (χ0n) is 45.2. The quantitative estimate of drug-likeness (QED) is 0.0308. The van der Waals surface area contributed by atoms with Crippen molar-refractivity contribution in [1.29, 1.82) is 0 Å². The summed E-state index contributed by atoms with van der Waals surface area (Å²) in [4.78, 5) is 12.6. The van der Waals surface area contributed by atoms with Gasteiger partial charge in [-0.1, -0.05) is 289 Å². The van der Waals surface area contributed by atoms with Gasteiger partial charge >= 0.3 is 0 Å². The van der Waals surface area contributed by atoms with Crippen molar-refractivity contribution in [3.05, 3.63) is 24.3 Å². The number of aliphatic hydroxyl groups is 4. The van der Waals surface area contributed by atoms with Crippen LogP contribution in [0.2, 0.25) is 0 Å². The maximum Gasteiger partial charge on any atom is 0.249 e. The van der Waals surface area contributed by atoms with Crippen LogP contribution in [0.4, 0.5) is 0 Å². The van der Waals surface area contributed by atoms with E-state index in [4.69, 9.17) is 0 Å². The number of rotatable bonds is 56. The lowest BCUT2D eigenvalue weighted by Crippen LogP contribution is -2.53. The number of allylic oxidation sites excluding steroid dienone is 4. The van der Waals surface area contributed by atoms with Gasteiger partial charge < -0.3 is 25.7 Å². The largest absolute Gasteiger partial charge is 0.394 e. The first-order chi connectivity index (χ1) is 33.0. The summed E-state index contributed by atoms with van der Waals surface area (Å²) in [6.07, 6.45) is 68.4.